The van der Waals surface area contributed by atoms with Crippen molar-refractivity contribution < 1.29 is 19.1 Å². The Morgan fingerprint density at radius 3 is 2.67 bits per heavy atom. The van der Waals surface area contributed by atoms with E-state index in [0.29, 0.717) is 35.5 Å². The molecule has 0 fully saturated rings. The summed E-state index contributed by atoms with van der Waals surface area (Å²) in [6, 6.07) is 11.6. The van der Waals surface area contributed by atoms with Crippen LogP contribution >= 0.6 is 0 Å². The van der Waals surface area contributed by atoms with Crippen LogP contribution in [0.2, 0.25) is 0 Å². The minimum atomic E-state index is -1.01. The predicted octanol–water partition coefficient (Wildman–Crippen LogP) is 3.71. The van der Waals surface area contributed by atoms with Crippen molar-refractivity contribution in [3.63, 3.8) is 0 Å². The fraction of sp³-hybridized carbons (Fsp3) is 0.360. The summed E-state index contributed by atoms with van der Waals surface area (Å²) >= 11 is 0. The SMILES string of the molecule is CCOc1ccc(NC(=O)[C@H](C)OC(=O)c2ccc3c(=O)n4c(nc3c2)CCCCC4)cc1. The van der Waals surface area contributed by atoms with E-state index in [9.17, 15) is 14.4 Å². The number of hydrogen-bond acceptors (Lipinski definition) is 6. The van der Waals surface area contributed by atoms with E-state index in [1.54, 1.807) is 41.0 Å². The maximum Gasteiger partial charge on any atom is 0.338 e. The van der Waals surface area contributed by atoms with Crippen molar-refractivity contribution in [2.75, 3.05) is 11.9 Å². The minimum absolute atomic E-state index is 0.0834. The van der Waals surface area contributed by atoms with E-state index in [1.165, 1.54) is 13.0 Å². The van der Waals surface area contributed by atoms with Gasteiger partial charge in [-0.15, -0.1) is 0 Å². The van der Waals surface area contributed by atoms with E-state index in [4.69, 9.17) is 9.47 Å². The lowest BCUT2D eigenvalue weighted by Crippen LogP contribution is -2.30. The van der Waals surface area contributed by atoms with Gasteiger partial charge >= 0.3 is 5.97 Å². The third-order valence-corrected chi connectivity index (χ3v) is 5.64. The highest BCUT2D eigenvalue weighted by molar-refractivity contribution is 5.98. The smallest absolute Gasteiger partial charge is 0.338 e. The van der Waals surface area contributed by atoms with Gasteiger partial charge in [0.05, 0.1) is 23.1 Å². The van der Waals surface area contributed by atoms with Crippen LogP contribution in [0.15, 0.2) is 47.3 Å². The van der Waals surface area contributed by atoms with Gasteiger partial charge in [0, 0.05) is 18.7 Å². The molecule has 0 unspecified atom stereocenters. The highest BCUT2D eigenvalue weighted by Gasteiger charge is 2.21. The Morgan fingerprint density at radius 2 is 1.91 bits per heavy atom. The number of carbonyl (C=O) groups excluding carboxylic acids is 2. The molecule has 8 heteroatoms. The number of aromatic nitrogens is 2. The number of ether oxygens (including phenoxy) is 2. The second-order valence-electron chi connectivity index (χ2n) is 8.02. The van der Waals surface area contributed by atoms with Crippen molar-refractivity contribution >= 4 is 28.5 Å². The zero-order valence-corrected chi connectivity index (χ0v) is 18.8. The van der Waals surface area contributed by atoms with Crippen LogP contribution in [0.25, 0.3) is 10.9 Å². The average molecular weight is 450 g/mol. The number of nitrogens with zero attached hydrogens (tertiary/aromatic N) is 2. The van der Waals surface area contributed by atoms with Crippen molar-refractivity contribution in [1.82, 2.24) is 9.55 Å². The van der Waals surface area contributed by atoms with Gasteiger partial charge in [-0.2, -0.15) is 0 Å². The third kappa shape index (κ3) is 5.05. The van der Waals surface area contributed by atoms with E-state index >= 15 is 0 Å². The summed E-state index contributed by atoms with van der Waals surface area (Å²) in [6.07, 6.45) is 2.74. The molecule has 1 amide bonds. The normalized spacial score (nSPS) is 14.1. The number of fused-ring (bicyclic) bond motifs is 2. The molecule has 0 bridgehead atoms. The standard InChI is InChI=1S/C25H27N3O5/c1-3-32-19-11-9-18(10-12-19)26-23(29)16(2)33-25(31)17-8-13-20-21(15-17)27-22-7-5-4-6-14-28(22)24(20)30/h8-13,15-16H,3-7,14H2,1-2H3,(H,26,29)/t16-/m0/s1. The number of nitrogens with one attached hydrogen (secondary N) is 1. The zero-order chi connectivity index (χ0) is 23.4. The van der Waals surface area contributed by atoms with Crippen LogP contribution < -0.4 is 15.6 Å². The Morgan fingerprint density at radius 1 is 1.12 bits per heavy atom. The monoisotopic (exact) mass is 449 g/mol. The molecule has 1 atom stereocenters. The Hall–Kier alpha value is -3.68. The molecule has 4 rings (SSSR count). The first-order valence-electron chi connectivity index (χ1n) is 11.2. The summed E-state index contributed by atoms with van der Waals surface area (Å²) in [6.45, 7) is 4.63. The molecule has 33 heavy (non-hydrogen) atoms. The number of anilines is 1. The van der Waals surface area contributed by atoms with E-state index < -0.39 is 18.0 Å². The lowest BCUT2D eigenvalue weighted by Gasteiger charge is -2.14. The van der Waals surface area contributed by atoms with E-state index in [2.05, 4.69) is 10.3 Å². The molecule has 1 aromatic heterocycles. The highest BCUT2D eigenvalue weighted by atomic mass is 16.5. The molecule has 3 aromatic rings. The second kappa shape index (κ2) is 9.85. The predicted molar refractivity (Wildman–Crippen MR) is 125 cm³/mol. The zero-order valence-electron chi connectivity index (χ0n) is 18.8. The molecule has 172 valence electrons. The van der Waals surface area contributed by atoms with Gasteiger partial charge in [0.15, 0.2) is 6.10 Å². The van der Waals surface area contributed by atoms with Gasteiger partial charge in [0.25, 0.3) is 11.5 Å². The minimum Gasteiger partial charge on any atom is -0.494 e. The quantitative estimate of drug-likeness (QED) is 0.576. The number of carbonyl (C=O) groups is 2. The largest absolute Gasteiger partial charge is 0.494 e. The topological polar surface area (TPSA) is 99.5 Å². The number of hydrogen-bond donors (Lipinski definition) is 1. The Kier molecular flexibility index (Phi) is 6.72. The number of esters is 1. The molecule has 2 aromatic carbocycles. The van der Waals surface area contributed by atoms with E-state index in [-0.39, 0.29) is 11.1 Å². The number of aryl methyl sites for hydroxylation is 1. The number of amides is 1. The van der Waals surface area contributed by atoms with Crippen molar-refractivity contribution in [3.05, 3.63) is 64.2 Å². The first-order valence-corrected chi connectivity index (χ1v) is 11.2. The van der Waals surface area contributed by atoms with Gasteiger partial charge in [0.2, 0.25) is 0 Å². The maximum absolute atomic E-state index is 12.9. The van der Waals surface area contributed by atoms with Crippen LogP contribution in [0.3, 0.4) is 0 Å². The van der Waals surface area contributed by atoms with Crippen LogP contribution in [-0.2, 0) is 22.5 Å². The summed E-state index contributed by atoms with van der Waals surface area (Å²) in [5.41, 5.74) is 1.20. The van der Waals surface area contributed by atoms with Gasteiger partial charge in [-0.1, -0.05) is 6.42 Å². The fourth-order valence-corrected chi connectivity index (χ4v) is 3.87. The third-order valence-electron chi connectivity index (χ3n) is 5.64. The van der Waals surface area contributed by atoms with Gasteiger partial charge < -0.3 is 14.8 Å². The molecule has 0 saturated heterocycles. The van der Waals surface area contributed by atoms with Gasteiger partial charge in [-0.25, -0.2) is 9.78 Å². The van der Waals surface area contributed by atoms with Gasteiger partial charge in [0.1, 0.15) is 11.6 Å². The summed E-state index contributed by atoms with van der Waals surface area (Å²) in [5.74, 6) is 0.355. The maximum atomic E-state index is 12.9. The molecule has 2 heterocycles. The van der Waals surface area contributed by atoms with Crippen molar-refractivity contribution in [3.8, 4) is 5.75 Å². The lowest BCUT2D eigenvalue weighted by molar-refractivity contribution is -0.123. The second-order valence-corrected chi connectivity index (χ2v) is 8.02. The Labute approximate surface area is 191 Å². The lowest BCUT2D eigenvalue weighted by atomic mass is 10.1. The average Bonchev–Trinajstić information content (AvgIpc) is 3.06. The van der Waals surface area contributed by atoms with E-state index in [0.717, 1.165) is 31.5 Å². The molecule has 0 spiro atoms. The summed E-state index contributed by atoms with van der Waals surface area (Å²) in [5, 5.41) is 3.19. The van der Waals surface area contributed by atoms with Crippen molar-refractivity contribution in [1.29, 1.82) is 0 Å². The van der Waals surface area contributed by atoms with E-state index in [1.807, 2.05) is 6.92 Å². The Bertz CT molecular complexity index is 1230. The first-order chi connectivity index (χ1) is 16.0. The van der Waals surface area contributed by atoms with Crippen molar-refractivity contribution in [2.24, 2.45) is 0 Å². The molecule has 0 saturated carbocycles. The summed E-state index contributed by atoms with van der Waals surface area (Å²) in [7, 11) is 0. The molecular formula is C25H27N3O5. The highest BCUT2D eigenvalue weighted by Crippen LogP contribution is 2.18. The van der Waals surface area contributed by atoms with Crippen LogP contribution in [0, 0.1) is 0 Å². The van der Waals surface area contributed by atoms with Crippen molar-refractivity contribution in [2.45, 2.75) is 52.2 Å². The molecule has 1 aliphatic heterocycles. The molecule has 0 aliphatic carbocycles. The molecular weight excluding hydrogens is 422 g/mol. The van der Waals surface area contributed by atoms with Crippen LogP contribution in [0.5, 0.6) is 5.75 Å². The molecule has 1 aliphatic rings. The number of benzene rings is 2. The molecule has 8 nitrogen and oxygen atoms in total. The summed E-state index contributed by atoms with van der Waals surface area (Å²) in [4.78, 5) is 42.6. The summed E-state index contributed by atoms with van der Waals surface area (Å²) < 4.78 is 12.5. The first kappa shape index (κ1) is 22.5. The van der Waals surface area contributed by atoms with Gasteiger partial charge in [-0.05, 0) is 69.2 Å². The number of rotatable bonds is 6. The fourth-order valence-electron chi connectivity index (χ4n) is 3.87. The van der Waals surface area contributed by atoms with Gasteiger partial charge in [-0.3, -0.25) is 14.2 Å². The molecule has 1 N–H and O–H groups in total. The molecule has 0 radical (unpaired) electrons. The Balaban J connectivity index is 1.46. The van der Waals surface area contributed by atoms with Crippen LogP contribution in [-0.4, -0.2) is 34.1 Å². The van der Waals surface area contributed by atoms with Crippen LogP contribution in [0.4, 0.5) is 5.69 Å². The van der Waals surface area contributed by atoms with Crippen LogP contribution in [0.1, 0.15) is 49.3 Å².